The highest BCUT2D eigenvalue weighted by molar-refractivity contribution is 7.98. The highest BCUT2D eigenvalue weighted by Crippen LogP contribution is 2.25. The largest absolute Gasteiger partial charge is 0.497 e. The van der Waals surface area contributed by atoms with Gasteiger partial charge < -0.3 is 15.8 Å². The van der Waals surface area contributed by atoms with Gasteiger partial charge in [-0.1, -0.05) is 6.92 Å². The molecule has 16 heavy (non-hydrogen) atoms. The number of rotatable bonds is 6. The van der Waals surface area contributed by atoms with Crippen molar-refractivity contribution in [2.75, 3.05) is 30.2 Å². The van der Waals surface area contributed by atoms with E-state index in [1.165, 1.54) is 0 Å². The first-order chi connectivity index (χ1) is 7.71. The molecule has 3 N–H and O–H groups in total. The molecule has 0 aliphatic rings. The quantitative estimate of drug-likeness (QED) is 0.751. The van der Waals surface area contributed by atoms with E-state index in [1.807, 2.05) is 30.0 Å². The molecule has 0 spiro atoms. The van der Waals surface area contributed by atoms with Crippen molar-refractivity contribution in [2.24, 2.45) is 0 Å². The Balaban J connectivity index is 2.77. The van der Waals surface area contributed by atoms with E-state index in [0.717, 1.165) is 29.3 Å². The first kappa shape index (κ1) is 13.0. The van der Waals surface area contributed by atoms with Crippen molar-refractivity contribution in [2.45, 2.75) is 19.4 Å². The van der Waals surface area contributed by atoms with Gasteiger partial charge in [0.05, 0.1) is 18.5 Å². The summed E-state index contributed by atoms with van der Waals surface area (Å²) in [5.74, 6) is 1.91. The first-order valence-electron chi connectivity index (χ1n) is 5.40. The zero-order valence-corrected chi connectivity index (χ0v) is 10.9. The third kappa shape index (κ3) is 3.52. The maximum absolute atomic E-state index is 5.92. The van der Waals surface area contributed by atoms with E-state index in [2.05, 4.69) is 18.5 Å². The van der Waals surface area contributed by atoms with E-state index < -0.39 is 0 Å². The molecule has 1 rings (SSSR count). The molecule has 4 heteroatoms. The Hall–Kier alpha value is -1.03. The van der Waals surface area contributed by atoms with Crippen molar-refractivity contribution >= 4 is 23.1 Å². The summed E-state index contributed by atoms with van der Waals surface area (Å²) >= 11 is 1.83. The van der Waals surface area contributed by atoms with E-state index >= 15 is 0 Å². The lowest BCUT2D eigenvalue weighted by Gasteiger charge is -2.19. The fourth-order valence-corrected chi connectivity index (χ4v) is 2.19. The number of thioether (sulfide) groups is 1. The van der Waals surface area contributed by atoms with Gasteiger partial charge in [-0.05, 0) is 24.8 Å². The summed E-state index contributed by atoms with van der Waals surface area (Å²) in [5, 5.41) is 3.45. The Morgan fingerprint density at radius 2 is 2.25 bits per heavy atom. The molecule has 0 saturated heterocycles. The number of nitrogen functional groups attached to an aromatic ring is 1. The molecule has 0 aromatic heterocycles. The van der Waals surface area contributed by atoms with E-state index in [1.54, 1.807) is 7.11 Å². The van der Waals surface area contributed by atoms with Crippen LogP contribution < -0.4 is 15.8 Å². The predicted molar refractivity (Wildman–Crippen MR) is 73.5 cm³/mol. The Morgan fingerprint density at radius 1 is 1.50 bits per heavy atom. The van der Waals surface area contributed by atoms with E-state index in [0.29, 0.717) is 6.04 Å². The molecule has 1 unspecified atom stereocenters. The summed E-state index contributed by atoms with van der Waals surface area (Å²) in [6.45, 7) is 2.17. The van der Waals surface area contributed by atoms with Crippen LogP contribution in [0.4, 0.5) is 11.4 Å². The van der Waals surface area contributed by atoms with E-state index in [4.69, 9.17) is 10.5 Å². The number of nitrogens with one attached hydrogen (secondary N) is 1. The highest BCUT2D eigenvalue weighted by atomic mass is 32.2. The van der Waals surface area contributed by atoms with E-state index in [9.17, 15) is 0 Å². The molecule has 0 amide bonds. The lowest BCUT2D eigenvalue weighted by Crippen LogP contribution is -2.21. The van der Waals surface area contributed by atoms with Crippen LogP contribution >= 0.6 is 11.8 Å². The van der Waals surface area contributed by atoms with Gasteiger partial charge in [0.15, 0.2) is 0 Å². The SMILES string of the molecule is CCC(CSC)Nc1cc(OC)ccc1N. The monoisotopic (exact) mass is 240 g/mol. The minimum absolute atomic E-state index is 0.449. The van der Waals surface area contributed by atoms with Gasteiger partial charge in [0.25, 0.3) is 0 Å². The molecule has 0 aliphatic carbocycles. The Labute approximate surface area is 102 Å². The lowest BCUT2D eigenvalue weighted by molar-refractivity contribution is 0.415. The van der Waals surface area contributed by atoms with Gasteiger partial charge in [-0.15, -0.1) is 0 Å². The summed E-state index contributed by atoms with van der Waals surface area (Å²) in [5.41, 5.74) is 7.64. The second-order valence-electron chi connectivity index (χ2n) is 3.66. The second kappa shape index (κ2) is 6.53. The normalized spacial score (nSPS) is 12.2. The summed E-state index contributed by atoms with van der Waals surface area (Å²) in [4.78, 5) is 0. The van der Waals surface area contributed by atoms with Crippen molar-refractivity contribution in [1.29, 1.82) is 0 Å². The van der Waals surface area contributed by atoms with Crippen molar-refractivity contribution in [3.05, 3.63) is 18.2 Å². The summed E-state index contributed by atoms with van der Waals surface area (Å²) in [7, 11) is 1.66. The zero-order valence-electron chi connectivity index (χ0n) is 10.1. The minimum Gasteiger partial charge on any atom is -0.497 e. The predicted octanol–water partition coefficient (Wildman–Crippen LogP) is 2.83. The van der Waals surface area contributed by atoms with Gasteiger partial charge in [0.1, 0.15) is 5.75 Å². The number of anilines is 2. The molecule has 3 nitrogen and oxygen atoms in total. The molecule has 1 aromatic rings. The fourth-order valence-electron chi connectivity index (χ4n) is 1.47. The molecule has 1 aromatic carbocycles. The number of ether oxygens (including phenoxy) is 1. The van der Waals surface area contributed by atoms with Crippen molar-refractivity contribution < 1.29 is 4.74 Å². The number of methoxy groups -OCH3 is 1. The number of benzene rings is 1. The average molecular weight is 240 g/mol. The van der Waals surface area contributed by atoms with Gasteiger partial charge in [-0.2, -0.15) is 11.8 Å². The smallest absolute Gasteiger partial charge is 0.121 e. The van der Waals surface area contributed by atoms with Crippen LogP contribution in [0.5, 0.6) is 5.75 Å². The molecule has 0 heterocycles. The molecule has 0 bridgehead atoms. The van der Waals surface area contributed by atoms with Crippen molar-refractivity contribution in [3.8, 4) is 5.75 Å². The molecular formula is C12H20N2OS. The third-order valence-electron chi connectivity index (χ3n) is 2.48. The van der Waals surface area contributed by atoms with Gasteiger partial charge in [0, 0.05) is 17.9 Å². The Kier molecular flexibility index (Phi) is 5.32. The van der Waals surface area contributed by atoms with Crippen LogP contribution in [-0.2, 0) is 0 Å². The number of hydrogen-bond donors (Lipinski definition) is 2. The highest BCUT2D eigenvalue weighted by Gasteiger charge is 2.08. The van der Waals surface area contributed by atoms with Gasteiger partial charge in [-0.25, -0.2) is 0 Å². The summed E-state index contributed by atoms with van der Waals surface area (Å²) in [6.07, 6.45) is 3.19. The van der Waals surface area contributed by atoms with Crippen LogP contribution in [-0.4, -0.2) is 25.2 Å². The zero-order chi connectivity index (χ0) is 12.0. The van der Waals surface area contributed by atoms with Crippen LogP contribution in [0.2, 0.25) is 0 Å². The first-order valence-corrected chi connectivity index (χ1v) is 6.79. The Morgan fingerprint density at radius 3 is 2.81 bits per heavy atom. The molecule has 0 aliphatic heterocycles. The molecule has 0 radical (unpaired) electrons. The van der Waals surface area contributed by atoms with E-state index in [-0.39, 0.29) is 0 Å². The Bertz CT molecular complexity index is 331. The standard InChI is InChI=1S/C12H20N2OS/c1-4-9(8-16-3)14-12-7-10(15-2)5-6-11(12)13/h5-7,9,14H,4,8,13H2,1-3H3. The average Bonchev–Trinajstić information content (AvgIpc) is 2.31. The number of hydrogen-bond acceptors (Lipinski definition) is 4. The minimum atomic E-state index is 0.449. The van der Waals surface area contributed by atoms with Crippen LogP contribution in [0, 0.1) is 0 Å². The van der Waals surface area contributed by atoms with Crippen LogP contribution in [0.25, 0.3) is 0 Å². The van der Waals surface area contributed by atoms with Crippen LogP contribution in [0.1, 0.15) is 13.3 Å². The molecule has 0 saturated carbocycles. The van der Waals surface area contributed by atoms with Crippen molar-refractivity contribution in [1.82, 2.24) is 0 Å². The summed E-state index contributed by atoms with van der Waals surface area (Å²) in [6, 6.07) is 6.13. The molecule has 1 atom stereocenters. The van der Waals surface area contributed by atoms with Gasteiger partial charge in [-0.3, -0.25) is 0 Å². The van der Waals surface area contributed by atoms with Crippen molar-refractivity contribution in [3.63, 3.8) is 0 Å². The molecule has 0 fully saturated rings. The second-order valence-corrected chi connectivity index (χ2v) is 4.57. The van der Waals surface area contributed by atoms with Gasteiger partial charge in [0.2, 0.25) is 0 Å². The lowest BCUT2D eigenvalue weighted by atomic mass is 10.2. The molecule has 90 valence electrons. The molecular weight excluding hydrogens is 220 g/mol. The fraction of sp³-hybridized carbons (Fsp3) is 0.500. The summed E-state index contributed by atoms with van der Waals surface area (Å²) < 4.78 is 5.18. The topological polar surface area (TPSA) is 47.3 Å². The van der Waals surface area contributed by atoms with Gasteiger partial charge >= 0.3 is 0 Å². The maximum Gasteiger partial charge on any atom is 0.121 e. The third-order valence-corrected chi connectivity index (χ3v) is 3.22. The number of nitrogens with two attached hydrogens (primary N) is 1. The van der Waals surface area contributed by atoms with Crippen LogP contribution in [0.15, 0.2) is 18.2 Å². The maximum atomic E-state index is 5.92. The van der Waals surface area contributed by atoms with Crippen LogP contribution in [0.3, 0.4) is 0 Å².